The molecule has 1 aromatic rings. The van der Waals surface area contributed by atoms with Gasteiger partial charge in [-0.05, 0) is 19.2 Å². The standard InChI is InChI=1S/C11H16ClN5O/c1-16-4-6-17(7-5-16)8-11(18)13-10-3-2-9(12)14-15-10/h2-3H,4-8H2,1H3,(H,13,15,18). The maximum absolute atomic E-state index is 11.8. The van der Waals surface area contributed by atoms with Gasteiger partial charge in [0.25, 0.3) is 0 Å². The van der Waals surface area contributed by atoms with Crippen LogP contribution in [0.15, 0.2) is 12.1 Å². The van der Waals surface area contributed by atoms with Crippen molar-refractivity contribution in [1.29, 1.82) is 0 Å². The second kappa shape index (κ2) is 6.08. The molecule has 1 N–H and O–H groups in total. The number of amides is 1. The van der Waals surface area contributed by atoms with Gasteiger partial charge in [-0.1, -0.05) is 11.6 Å². The van der Waals surface area contributed by atoms with Crippen molar-refractivity contribution < 1.29 is 4.79 Å². The van der Waals surface area contributed by atoms with Crippen LogP contribution in [-0.2, 0) is 4.79 Å². The van der Waals surface area contributed by atoms with Gasteiger partial charge in [-0.3, -0.25) is 9.69 Å². The van der Waals surface area contributed by atoms with Crippen molar-refractivity contribution in [2.24, 2.45) is 0 Å². The smallest absolute Gasteiger partial charge is 0.239 e. The molecule has 7 heteroatoms. The minimum absolute atomic E-state index is 0.0730. The average molecular weight is 270 g/mol. The monoisotopic (exact) mass is 269 g/mol. The van der Waals surface area contributed by atoms with E-state index in [1.165, 1.54) is 0 Å². The van der Waals surface area contributed by atoms with Crippen molar-refractivity contribution in [2.75, 3.05) is 45.1 Å². The summed E-state index contributed by atoms with van der Waals surface area (Å²) in [6.45, 7) is 4.20. The topological polar surface area (TPSA) is 61.4 Å². The number of nitrogens with one attached hydrogen (secondary N) is 1. The number of carbonyl (C=O) groups is 1. The first-order valence-corrected chi connectivity index (χ1v) is 6.21. The summed E-state index contributed by atoms with van der Waals surface area (Å²) < 4.78 is 0. The quantitative estimate of drug-likeness (QED) is 0.856. The fourth-order valence-electron chi connectivity index (χ4n) is 1.77. The van der Waals surface area contributed by atoms with E-state index in [-0.39, 0.29) is 5.91 Å². The fraction of sp³-hybridized carbons (Fsp3) is 0.545. The van der Waals surface area contributed by atoms with Gasteiger partial charge in [0.1, 0.15) is 0 Å². The van der Waals surface area contributed by atoms with Gasteiger partial charge in [0.15, 0.2) is 11.0 Å². The molecule has 2 heterocycles. The summed E-state index contributed by atoms with van der Waals surface area (Å²) in [4.78, 5) is 16.2. The van der Waals surface area contributed by atoms with E-state index < -0.39 is 0 Å². The fourth-order valence-corrected chi connectivity index (χ4v) is 1.87. The van der Waals surface area contributed by atoms with Crippen LogP contribution < -0.4 is 5.32 Å². The number of halogens is 1. The molecule has 1 aliphatic rings. The third kappa shape index (κ3) is 3.90. The molecule has 0 saturated carbocycles. The lowest BCUT2D eigenvalue weighted by Crippen LogP contribution is -2.47. The van der Waals surface area contributed by atoms with Gasteiger partial charge in [0, 0.05) is 26.2 Å². The highest BCUT2D eigenvalue weighted by Gasteiger charge is 2.16. The molecule has 1 aliphatic heterocycles. The molecule has 0 spiro atoms. The molecule has 18 heavy (non-hydrogen) atoms. The number of likely N-dealkylation sites (N-methyl/N-ethyl adjacent to an activating group) is 1. The molecule has 6 nitrogen and oxygen atoms in total. The Bertz CT molecular complexity index is 402. The van der Waals surface area contributed by atoms with Crippen molar-refractivity contribution in [3.8, 4) is 0 Å². The summed E-state index contributed by atoms with van der Waals surface area (Å²) in [7, 11) is 2.08. The highest BCUT2D eigenvalue weighted by molar-refractivity contribution is 6.29. The van der Waals surface area contributed by atoms with Crippen LogP contribution in [0.1, 0.15) is 0 Å². The van der Waals surface area contributed by atoms with E-state index >= 15 is 0 Å². The summed E-state index contributed by atoms with van der Waals surface area (Å²) >= 11 is 5.62. The van der Waals surface area contributed by atoms with E-state index in [0.29, 0.717) is 17.5 Å². The minimum Gasteiger partial charge on any atom is -0.308 e. The van der Waals surface area contributed by atoms with Crippen LogP contribution >= 0.6 is 11.6 Å². The lowest BCUT2D eigenvalue weighted by atomic mass is 10.3. The first-order chi connectivity index (χ1) is 8.63. The highest BCUT2D eigenvalue weighted by Crippen LogP contribution is 2.06. The number of aromatic nitrogens is 2. The zero-order valence-corrected chi connectivity index (χ0v) is 11.0. The second-order valence-electron chi connectivity index (χ2n) is 4.37. The zero-order valence-electron chi connectivity index (χ0n) is 10.3. The summed E-state index contributed by atoms with van der Waals surface area (Å²) in [5.41, 5.74) is 0. The molecule has 0 aromatic carbocycles. The van der Waals surface area contributed by atoms with E-state index in [0.717, 1.165) is 26.2 Å². The predicted octanol–water partition coefficient (Wildman–Crippen LogP) is 0.316. The molecule has 1 amide bonds. The second-order valence-corrected chi connectivity index (χ2v) is 4.76. The summed E-state index contributed by atoms with van der Waals surface area (Å²) in [6.07, 6.45) is 0. The van der Waals surface area contributed by atoms with E-state index in [4.69, 9.17) is 11.6 Å². The minimum atomic E-state index is -0.0730. The van der Waals surface area contributed by atoms with E-state index in [2.05, 4.69) is 32.4 Å². The molecule has 1 saturated heterocycles. The maximum Gasteiger partial charge on any atom is 0.239 e. The Morgan fingerprint density at radius 1 is 1.33 bits per heavy atom. The van der Waals surface area contributed by atoms with Crippen molar-refractivity contribution >= 4 is 23.3 Å². The first kappa shape index (κ1) is 13.2. The Balaban J connectivity index is 1.80. The zero-order chi connectivity index (χ0) is 13.0. The molecule has 98 valence electrons. The number of carbonyl (C=O) groups excluding carboxylic acids is 1. The largest absolute Gasteiger partial charge is 0.308 e. The number of nitrogens with zero attached hydrogens (tertiary/aromatic N) is 4. The Hall–Kier alpha value is -1.24. The summed E-state index contributed by atoms with van der Waals surface area (Å²) in [5.74, 6) is 0.356. The van der Waals surface area contributed by atoms with Crippen molar-refractivity contribution in [3.05, 3.63) is 17.3 Å². The van der Waals surface area contributed by atoms with Crippen molar-refractivity contribution in [2.45, 2.75) is 0 Å². The lowest BCUT2D eigenvalue weighted by Gasteiger charge is -2.31. The third-order valence-corrected chi connectivity index (χ3v) is 3.06. The SMILES string of the molecule is CN1CCN(CC(=O)Nc2ccc(Cl)nn2)CC1. The molecule has 0 unspecified atom stereocenters. The van der Waals surface area contributed by atoms with Crippen molar-refractivity contribution in [1.82, 2.24) is 20.0 Å². The van der Waals surface area contributed by atoms with Gasteiger partial charge in [0.05, 0.1) is 6.54 Å². The van der Waals surface area contributed by atoms with Crippen LogP contribution in [-0.4, -0.2) is 65.7 Å². The van der Waals surface area contributed by atoms with Gasteiger partial charge in [-0.15, -0.1) is 10.2 Å². The molecule has 0 bridgehead atoms. The molecular weight excluding hydrogens is 254 g/mol. The van der Waals surface area contributed by atoms with Crippen LogP contribution in [0.25, 0.3) is 0 Å². The van der Waals surface area contributed by atoms with Crippen LogP contribution in [0.5, 0.6) is 0 Å². The van der Waals surface area contributed by atoms with Crippen LogP contribution in [0.2, 0.25) is 5.15 Å². The van der Waals surface area contributed by atoms with Crippen molar-refractivity contribution in [3.63, 3.8) is 0 Å². The molecule has 0 radical (unpaired) electrons. The van der Waals surface area contributed by atoms with E-state index in [1.54, 1.807) is 12.1 Å². The van der Waals surface area contributed by atoms with Gasteiger partial charge in [0.2, 0.25) is 5.91 Å². The van der Waals surface area contributed by atoms with Gasteiger partial charge in [-0.25, -0.2) is 0 Å². The number of piperazine rings is 1. The Labute approximate surface area is 111 Å². The maximum atomic E-state index is 11.8. The molecular formula is C11H16ClN5O. The normalized spacial score (nSPS) is 17.7. The molecule has 2 rings (SSSR count). The predicted molar refractivity (Wildman–Crippen MR) is 69.6 cm³/mol. The molecule has 0 atom stereocenters. The van der Waals surface area contributed by atoms with Gasteiger partial charge < -0.3 is 10.2 Å². The Morgan fingerprint density at radius 2 is 2.06 bits per heavy atom. The molecule has 1 fully saturated rings. The number of hydrogen-bond acceptors (Lipinski definition) is 5. The summed E-state index contributed by atoms with van der Waals surface area (Å²) in [5, 5.41) is 10.5. The number of rotatable bonds is 3. The highest BCUT2D eigenvalue weighted by atomic mass is 35.5. The third-order valence-electron chi connectivity index (χ3n) is 2.86. The molecule has 1 aromatic heterocycles. The number of anilines is 1. The van der Waals surface area contributed by atoms with E-state index in [9.17, 15) is 4.79 Å². The number of hydrogen-bond donors (Lipinski definition) is 1. The average Bonchev–Trinajstić information content (AvgIpc) is 2.35. The van der Waals surface area contributed by atoms with Crippen LogP contribution in [0.4, 0.5) is 5.82 Å². The van der Waals surface area contributed by atoms with Crippen LogP contribution in [0.3, 0.4) is 0 Å². The Morgan fingerprint density at radius 3 is 2.67 bits per heavy atom. The molecule has 0 aliphatic carbocycles. The van der Waals surface area contributed by atoms with E-state index in [1.807, 2.05) is 0 Å². The summed E-state index contributed by atoms with van der Waals surface area (Å²) in [6, 6.07) is 3.23. The first-order valence-electron chi connectivity index (χ1n) is 5.83. The van der Waals surface area contributed by atoms with Gasteiger partial charge in [-0.2, -0.15) is 0 Å². The van der Waals surface area contributed by atoms with Crippen LogP contribution in [0, 0.1) is 0 Å². The lowest BCUT2D eigenvalue weighted by molar-refractivity contribution is -0.117. The van der Waals surface area contributed by atoms with Gasteiger partial charge >= 0.3 is 0 Å². The Kier molecular flexibility index (Phi) is 4.46.